The Kier molecular flexibility index (Phi) is 4.10. The highest BCUT2D eigenvalue weighted by Gasteiger charge is 2.35. The third-order valence-corrected chi connectivity index (χ3v) is 3.66. The van der Waals surface area contributed by atoms with E-state index >= 15 is 0 Å². The Morgan fingerprint density at radius 1 is 1.25 bits per heavy atom. The zero-order valence-electron chi connectivity index (χ0n) is 12.6. The second-order valence-electron chi connectivity index (χ2n) is 5.19. The summed E-state index contributed by atoms with van der Waals surface area (Å²) < 4.78 is 41.1. The molecule has 0 saturated heterocycles. The van der Waals surface area contributed by atoms with Gasteiger partial charge < -0.3 is 10.4 Å². The first-order valence-electron chi connectivity index (χ1n) is 7.08. The second kappa shape index (κ2) is 6.08. The quantitative estimate of drug-likeness (QED) is 0.765. The zero-order valence-corrected chi connectivity index (χ0v) is 12.6. The molecule has 3 aromatic rings. The number of benzene rings is 1. The van der Waals surface area contributed by atoms with E-state index in [1.807, 2.05) is 0 Å². The van der Waals surface area contributed by atoms with Crippen LogP contribution in [0.3, 0.4) is 0 Å². The largest absolute Gasteiger partial charge is 0.416 e. The van der Waals surface area contributed by atoms with Crippen LogP contribution in [0.2, 0.25) is 0 Å². The molecule has 0 aliphatic rings. The van der Waals surface area contributed by atoms with Gasteiger partial charge in [0.25, 0.3) is 0 Å². The molecule has 2 heterocycles. The average Bonchev–Trinajstić information content (AvgIpc) is 2.94. The minimum atomic E-state index is -4.51. The van der Waals surface area contributed by atoms with Crippen LogP contribution < -0.4 is 5.32 Å². The first kappa shape index (κ1) is 16.2. The Labute approximate surface area is 135 Å². The molecule has 0 bridgehead atoms. The van der Waals surface area contributed by atoms with Crippen molar-refractivity contribution in [2.24, 2.45) is 7.05 Å². The molecule has 3 rings (SSSR count). The molecule has 0 aliphatic carbocycles. The summed E-state index contributed by atoms with van der Waals surface area (Å²) >= 11 is 0. The van der Waals surface area contributed by atoms with E-state index in [9.17, 15) is 18.3 Å². The number of rotatable bonds is 4. The minimum absolute atomic E-state index is 0.0526. The van der Waals surface area contributed by atoms with Gasteiger partial charge in [0.2, 0.25) is 0 Å². The van der Waals surface area contributed by atoms with Gasteiger partial charge in [-0.3, -0.25) is 4.68 Å². The molecule has 24 heavy (non-hydrogen) atoms. The van der Waals surface area contributed by atoms with Gasteiger partial charge in [-0.25, -0.2) is 9.97 Å². The Morgan fingerprint density at radius 2 is 2.00 bits per heavy atom. The standard InChI is InChI=1S/C15H14F3N5O/c1-23-14-10(6-21-23)13(19-8-20-14)22-12(7-24)9-4-2-3-5-11(9)15(16,17)18/h2-6,8,12,24H,7H2,1H3,(H,19,20,22). The number of aromatic nitrogens is 4. The molecule has 0 radical (unpaired) electrons. The number of nitrogens with one attached hydrogen (secondary N) is 1. The van der Waals surface area contributed by atoms with Gasteiger partial charge >= 0.3 is 6.18 Å². The molecule has 0 aliphatic heterocycles. The summed E-state index contributed by atoms with van der Waals surface area (Å²) in [6.07, 6.45) is -1.71. The van der Waals surface area contributed by atoms with Crippen molar-refractivity contribution in [2.75, 3.05) is 11.9 Å². The van der Waals surface area contributed by atoms with Crippen LogP contribution in [0.4, 0.5) is 19.0 Å². The zero-order chi connectivity index (χ0) is 17.3. The summed E-state index contributed by atoms with van der Waals surface area (Å²) in [5, 5.41) is 17.1. The van der Waals surface area contributed by atoms with E-state index in [2.05, 4.69) is 20.4 Å². The number of aliphatic hydroxyl groups is 1. The number of anilines is 1. The number of aliphatic hydroxyl groups excluding tert-OH is 1. The first-order chi connectivity index (χ1) is 11.4. The Hall–Kier alpha value is -2.68. The Balaban J connectivity index is 2.02. The van der Waals surface area contributed by atoms with Crippen LogP contribution in [-0.2, 0) is 13.2 Å². The van der Waals surface area contributed by atoms with Gasteiger partial charge in [-0.2, -0.15) is 18.3 Å². The number of halogens is 3. The lowest BCUT2D eigenvalue weighted by atomic mass is 10.00. The van der Waals surface area contributed by atoms with E-state index in [0.717, 1.165) is 6.07 Å². The Morgan fingerprint density at radius 3 is 2.71 bits per heavy atom. The molecule has 0 fully saturated rings. The summed E-state index contributed by atoms with van der Waals surface area (Å²) in [5.74, 6) is 0.309. The molecule has 9 heteroatoms. The van der Waals surface area contributed by atoms with Crippen LogP contribution in [0.25, 0.3) is 11.0 Å². The molecule has 1 aromatic carbocycles. The molecule has 0 amide bonds. The van der Waals surface area contributed by atoms with Gasteiger partial charge in [-0.15, -0.1) is 0 Å². The van der Waals surface area contributed by atoms with Gasteiger partial charge in [0, 0.05) is 7.05 Å². The fourth-order valence-electron chi connectivity index (χ4n) is 2.52. The molecule has 6 nitrogen and oxygen atoms in total. The van der Waals surface area contributed by atoms with E-state index in [1.54, 1.807) is 7.05 Å². The molecule has 2 N–H and O–H groups in total. The summed E-state index contributed by atoms with van der Waals surface area (Å²) in [7, 11) is 1.70. The van der Waals surface area contributed by atoms with Gasteiger partial charge in [0.05, 0.1) is 29.8 Å². The van der Waals surface area contributed by atoms with Crippen LogP contribution in [0.15, 0.2) is 36.8 Å². The van der Waals surface area contributed by atoms with E-state index in [-0.39, 0.29) is 5.56 Å². The average molecular weight is 337 g/mol. The number of fused-ring (bicyclic) bond motifs is 1. The van der Waals surface area contributed by atoms with Crippen molar-refractivity contribution in [1.82, 2.24) is 19.7 Å². The summed E-state index contributed by atoms with van der Waals surface area (Å²) in [5.41, 5.74) is -0.315. The summed E-state index contributed by atoms with van der Waals surface area (Å²) in [4.78, 5) is 8.13. The number of hydrogen-bond donors (Lipinski definition) is 2. The Bertz CT molecular complexity index is 862. The highest BCUT2D eigenvalue weighted by Crippen LogP contribution is 2.35. The van der Waals surface area contributed by atoms with E-state index < -0.39 is 24.4 Å². The molecular formula is C15H14F3N5O. The molecule has 126 valence electrons. The van der Waals surface area contributed by atoms with Crippen LogP contribution in [0.1, 0.15) is 17.2 Å². The van der Waals surface area contributed by atoms with E-state index in [1.165, 1.54) is 35.4 Å². The smallest absolute Gasteiger partial charge is 0.394 e. The van der Waals surface area contributed by atoms with Crippen LogP contribution in [0, 0.1) is 0 Å². The first-order valence-corrected chi connectivity index (χ1v) is 7.08. The molecule has 2 aromatic heterocycles. The second-order valence-corrected chi connectivity index (χ2v) is 5.19. The monoisotopic (exact) mass is 337 g/mol. The van der Waals surface area contributed by atoms with Crippen LogP contribution in [-0.4, -0.2) is 31.5 Å². The normalized spacial score (nSPS) is 13.2. The van der Waals surface area contributed by atoms with Crippen molar-refractivity contribution < 1.29 is 18.3 Å². The van der Waals surface area contributed by atoms with Gasteiger partial charge in [0.15, 0.2) is 5.65 Å². The summed E-state index contributed by atoms with van der Waals surface area (Å²) in [6, 6.07) is 4.15. The van der Waals surface area contributed by atoms with E-state index in [4.69, 9.17) is 0 Å². The predicted molar refractivity (Wildman–Crippen MR) is 81.2 cm³/mol. The van der Waals surface area contributed by atoms with Crippen molar-refractivity contribution in [2.45, 2.75) is 12.2 Å². The van der Waals surface area contributed by atoms with Crippen LogP contribution in [0.5, 0.6) is 0 Å². The molecule has 1 atom stereocenters. The lowest BCUT2D eigenvalue weighted by Crippen LogP contribution is -2.20. The minimum Gasteiger partial charge on any atom is -0.394 e. The third kappa shape index (κ3) is 2.90. The number of nitrogens with zero attached hydrogens (tertiary/aromatic N) is 4. The number of hydrogen-bond acceptors (Lipinski definition) is 5. The van der Waals surface area contributed by atoms with Crippen LogP contribution >= 0.6 is 0 Å². The van der Waals surface area contributed by atoms with Gasteiger partial charge in [-0.05, 0) is 11.6 Å². The topological polar surface area (TPSA) is 75.9 Å². The maximum Gasteiger partial charge on any atom is 0.416 e. The summed E-state index contributed by atoms with van der Waals surface area (Å²) in [6.45, 7) is -0.529. The van der Waals surface area contributed by atoms with Crippen molar-refractivity contribution in [1.29, 1.82) is 0 Å². The molecule has 1 unspecified atom stereocenters. The highest BCUT2D eigenvalue weighted by atomic mass is 19.4. The lowest BCUT2D eigenvalue weighted by Gasteiger charge is -2.21. The van der Waals surface area contributed by atoms with Crippen molar-refractivity contribution in [3.63, 3.8) is 0 Å². The lowest BCUT2D eigenvalue weighted by molar-refractivity contribution is -0.138. The van der Waals surface area contributed by atoms with Crippen molar-refractivity contribution in [3.8, 4) is 0 Å². The fraction of sp³-hybridized carbons (Fsp3) is 0.267. The predicted octanol–water partition coefficient (Wildman–Crippen LogP) is 2.53. The molecule has 0 saturated carbocycles. The van der Waals surface area contributed by atoms with Gasteiger partial charge in [-0.1, -0.05) is 18.2 Å². The number of alkyl halides is 3. The SMILES string of the molecule is Cn1ncc2c(NC(CO)c3ccccc3C(F)(F)F)ncnc21. The third-order valence-electron chi connectivity index (χ3n) is 3.66. The maximum absolute atomic E-state index is 13.2. The number of aryl methyl sites for hydroxylation is 1. The highest BCUT2D eigenvalue weighted by molar-refractivity contribution is 5.86. The van der Waals surface area contributed by atoms with Crippen molar-refractivity contribution in [3.05, 3.63) is 47.9 Å². The maximum atomic E-state index is 13.2. The van der Waals surface area contributed by atoms with E-state index in [0.29, 0.717) is 16.9 Å². The van der Waals surface area contributed by atoms with Crippen molar-refractivity contribution >= 4 is 16.9 Å². The molecular weight excluding hydrogens is 323 g/mol. The fourth-order valence-corrected chi connectivity index (χ4v) is 2.52. The van der Waals surface area contributed by atoms with Gasteiger partial charge in [0.1, 0.15) is 12.1 Å². The molecule has 0 spiro atoms.